The molecule has 3 aromatic rings. The monoisotopic (exact) mass is 223 g/mol. The highest BCUT2D eigenvalue weighted by molar-refractivity contribution is 6.03. The van der Waals surface area contributed by atoms with Gasteiger partial charge >= 0.3 is 0 Å². The standard InChI is InChI=1S/C15H13NO/c1-17-13-6-5-10-9-14-11(7-12(10)8-13)3-2-4-15(14)16/h2-9H,16H2,1H3. The minimum Gasteiger partial charge on any atom is -0.497 e. The average Bonchev–Trinajstić information content (AvgIpc) is 2.36. The van der Waals surface area contributed by atoms with Crippen molar-refractivity contribution in [2.75, 3.05) is 12.8 Å². The van der Waals surface area contributed by atoms with E-state index in [9.17, 15) is 0 Å². The van der Waals surface area contributed by atoms with E-state index in [1.807, 2.05) is 24.3 Å². The Kier molecular flexibility index (Phi) is 2.15. The Morgan fingerprint density at radius 1 is 0.882 bits per heavy atom. The van der Waals surface area contributed by atoms with Crippen molar-refractivity contribution < 1.29 is 4.74 Å². The summed E-state index contributed by atoms with van der Waals surface area (Å²) in [5.74, 6) is 0.876. The summed E-state index contributed by atoms with van der Waals surface area (Å²) in [6.07, 6.45) is 0. The van der Waals surface area contributed by atoms with E-state index in [0.717, 1.165) is 22.2 Å². The van der Waals surface area contributed by atoms with Gasteiger partial charge < -0.3 is 10.5 Å². The van der Waals surface area contributed by atoms with E-state index < -0.39 is 0 Å². The van der Waals surface area contributed by atoms with Gasteiger partial charge in [0.15, 0.2) is 0 Å². The van der Waals surface area contributed by atoms with E-state index in [2.05, 4.69) is 24.3 Å². The molecule has 2 heteroatoms. The predicted octanol–water partition coefficient (Wildman–Crippen LogP) is 3.58. The lowest BCUT2D eigenvalue weighted by molar-refractivity contribution is 0.415. The van der Waals surface area contributed by atoms with Gasteiger partial charge in [-0.1, -0.05) is 18.2 Å². The first kappa shape index (κ1) is 9.97. The molecule has 84 valence electrons. The molecular weight excluding hydrogens is 210 g/mol. The molecule has 0 aliphatic rings. The van der Waals surface area contributed by atoms with Gasteiger partial charge in [-0.2, -0.15) is 0 Å². The first-order chi connectivity index (χ1) is 8.28. The molecule has 0 fully saturated rings. The molecule has 0 saturated carbocycles. The molecule has 0 atom stereocenters. The van der Waals surface area contributed by atoms with Crippen LogP contribution in [0.15, 0.2) is 48.5 Å². The van der Waals surface area contributed by atoms with E-state index in [1.54, 1.807) is 7.11 Å². The maximum absolute atomic E-state index is 5.98. The molecule has 0 amide bonds. The Morgan fingerprint density at radius 2 is 1.76 bits per heavy atom. The molecule has 0 unspecified atom stereocenters. The third-order valence-corrected chi connectivity index (χ3v) is 3.08. The second-order valence-corrected chi connectivity index (χ2v) is 4.13. The van der Waals surface area contributed by atoms with Gasteiger partial charge in [0, 0.05) is 11.1 Å². The number of hydrogen-bond acceptors (Lipinski definition) is 2. The Balaban J connectivity index is 2.39. The van der Waals surface area contributed by atoms with E-state index in [1.165, 1.54) is 10.8 Å². The van der Waals surface area contributed by atoms with Gasteiger partial charge in [0.1, 0.15) is 5.75 Å². The maximum atomic E-state index is 5.98. The highest BCUT2D eigenvalue weighted by atomic mass is 16.5. The van der Waals surface area contributed by atoms with Crippen LogP contribution in [0.2, 0.25) is 0 Å². The van der Waals surface area contributed by atoms with Crippen LogP contribution in [0.4, 0.5) is 5.69 Å². The van der Waals surface area contributed by atoms with Crippen LogP contribution < -0.4 is 10.5 Å². The first-order valence-electron chi connectivity index (χ1n) is 5.54. The van der Waals surface area contributed by atoms with Gasteiger partial charge in [0.05, 0.1) is 7.11 Å². The molecule has 3 aromatic carbocycles. The molecule has 0 bridgehead atoms. The van der Waals surface area contributed by atoms with Crippen molar-refractivity contribution in [2.45, 2.75) is 0 Å². The number of fused-ring (bicyclic) bond motifs is 2. The van der Waals surface area contributed by atoms with Crippen molar-refractivity contribution >= 4 is 27.2 Å². The molecule has 0 aliphatic heterocycles. The topological polar surface area (TPSA) is 35.2 Å². The Morgan fingerprint density at radius 3 is 2.59 bits per heavy atom. The van der Waals surface area contributed by atoms with Crippen molar-refractivity contribution in [3.05, 3.63) is 48.5 Å². The van der Waals surface area contributed by atoms with Crippen molar-refractivity contribution in [1.82, 2.24) is 0 Å². The lowest BCUT2D eigenvalue weighted by atomic mass is 10.0. The van der Waals surface area contributed by atoms with Gasteiger partial charge in [-0.05, 0) is 46.5 Å². The Labute approximate surface area is 99.6 Å². The zero-order valence-corrected chi connectivity index (χ0v) is 9.60. The third-order valence-electron chi connectivity index (χ3n) is 3.08. The molecule has 0 spiro atoms. The molecule has 2 N–H and O–H groups in total. The van der Waals surface area contributed by atoms with E-state index in [0.29, 0.717) is 0 Å². The smallest absolute Gasteiger partial charge is 0.119 e. The van der Waals surface area contributed by atoms with Crippen molar-refractivity contribution in [2.24, 2.45) is 0 Å². The highest BCUT2D eigenvalue weighted by Gasteiger charge is 2.01. The van der Waals surface area contributed by atoms with Crippen LogP contribution >= 0.6 is 0 Å². The van der Waals surface area contributed by atoms with E-state index in [4.69, 9.17) is 10.5 Å². The summed E-state index contributed by atoms with van der Waals surface area (Å²) < 4.78 is 5.23. The number of methoxy groups -OCH3 is 1. The summed E-state index contributed by atoms with van der Waals surface area (Å²) in [6.45, 7) is 0. The summed E-state index contributed by atoms with van der Waals surface area (Å²) >= 11 is 0. The number of hydrogen-bond donors (Lipinski definition) is 1. The third kappa shape index (κ3) is 1.58. The van der Waals surface area contributed by atoms with E-state index in [-0.39, 0.29) is 0 Å². The number of benzene rings is 3. The zero-order valence-electron chi connectivity index (χ0n) is 9.60. The summed E-state index contributed by atoms with van der Waals surface area (Å²) in [4.78, 5) is 0. The van der Waals surface area contributed by atoms with Gasteiger partial charge in [-0.3, -0.25) is 0 Å². The number of nitrogen functional groups attached to an aromatic ring is 1. The molecule has 0 aliphatic carbocycles. The fourth-order valence-corrected chi connectivity index (χ4v) is 2.15. The van der Waals surface area contributed by atoms with Crippen LogP contribution in [0.3, 0.4) is 0 Å². The van der Waals surface area contributed by atoms with Crippen molar-refractivity contribution in [3.8, 4) is 5.75 Å². The van der Waals surface area contributed by atoms with Crippen molar-refractivity contribution in [1.29, 1.82) is 0 Å². The van der Waals surface area contributed by atoms with Crippen molar-refractivity contribution in [3.63, 3.8) is 0 Å². The fourth-order valence-electron chi connectivity index (χ4n) is 2.15. The minimum atomic E-state index is 0.820. The number of rotatable bonds is 1. The van der Waals surface area contributed by atoms with Gasteiger partial charge in [-0.15, -0.1) is 0 Å². The van der Waals surface area contributed by atoms with E-state index >= 15 is 0 Å². The SMILES string of the molecule is COc1ccc2cc3c(N)cccc3cc2c1. The number of nitrogens with two attached hydrogens (primary N) is 1. The first-order valence-corrected chi connectivity index (χ1v) is 5.54. The van der Waals surface area contributed by atoms with Crippen LogP contribution in [0, 0.1) is 0 Å². The van der Waals surface area contributed by atoms with Crippen LogP contribution in [0.1, 0.15) is 0 Å². The van der Waals surface area contributed by atoms with Crippen LogP contribution in [0.5, 0.6) is 5.75 Å². The maximum Gasteiger partial charge on any atom is 0.119 e. The molecule has 17 heavy (non-hydrogen) atoms. The molecule has 0 heterocycles. The molecule has 3 rings (SSSR count). The van der Waals surface area contributed by atoms with Crippen LogP contribution in [-0.4, -0.2) is 7.11 Å². The minimum absolute atomic E-state index is 0.820. The highest BCUT2D eigenvalue weighted by Crippen LogP contribution is 2.28. The van der Waals surface area contributed by atoms with Gasteiger partial charge in [-0.25, -0.2) is 0 Å². The Bertz CT molecular complexity index is 704. The normalized spacial score (nSPS) is 10.9. The summed E-state index contributed by atoms with van der Waals surface area (Å²) in [7, 11) is 1.68. The molecule has 0 radical (unpaired) electrons. The number of ether oxygens (including phenoxy) is 1. The molecular formula is C15H13NO. The molecule has 0 aromatic heterocycles. The second-order valence-electron chi connectivity index (χ2n) is 4.13. The summed E-state index contributed by atoms with van der Waals surface area (Å²) in [5, 5.41) is 4.61. The summed E-state index contributed by atoms with van der Waals surface area (Å²) in [6, 6.07) is 16.3. The second kappa shape index (κ2) is 3.67. The lowest BCUT2D eigenvalue weighted by Crippen LogP contribution is -1.87. The molecule has 0 saturated heterocycles. The Hall–Kier alpha value is -2.22. The largest absolute Gasteiger partial charge is 0.497 e. The van der Waals surface area contributed by atoms with Gasteiger partial charge in [0.25, 0.3) is 0 Å². The fraction of sp³-hybridized carbons (Fsp3) is 0.0667. The zero-order chi connectivity index (χ0) is 11.8. The van der Waals surface area contributed by atoms with Crippen LogP contribution in [-0.2, 0) is 0 Å². The van der Waals surface area contributed by atoms with Crippen LogP contribution in [0.25, 0.3) is 21.5 Å². The molecule has 2 nitrogen and oxygen atoms in total. The lowest BCUT2D eigenvalue weighted by Gasteiger charge is -2.06. The average molecular weight is 223 g/mol. The number of anilines is 1. The summed E-state index contributed by atoms with van der Waals surface area (Å²) in [5.41, 5.74) is 6.80. The quantitative estimate of drug-likeness (QED) is 0.505. The van der Waals surface area contributed by atoms with Gasteiger partial charge in [0.2, 0.25) is 0 Å². The predicted molar refractivity (Wildman–Crippen MR) is 72.4 cm³/mol.